The summed E-state index contributed by atoms with van der Waals surface area (Å²) in [4.78, 5) is 24.1. The Balaban J connectivity index is 1.89. The summed E-state index contributed by atoms with van der Waals surface area (Å²) in [5.41, 5.74) is 0.696. The van der Waals surface area contributed by atoms with E-state index in [-0.39, 0.29) is 0 Å². The SMILES string of the molecule is CNC(=O)NC(=O)[C@H](Sc1nnc(-c2ccco2)n1N)c1ccccc1. The summed E-state index contributed by atoms with van der Waals surface area (Å²) in [5.74, 6) is 6.34. The Morgan fingerprint density at radius 3 is 2.62 bits per heavy atom. The maximum atomic E-state index is 12.6. The first kappa shape index (κ1) is 17.5. The molecule has 3 amide bonds. The van der Waals surface area contributed by atoms with E-state index in [1.807, 2.05) is 6.07 Å². The third kappa shape index (κ3) is 3.70. The first-order valence-electron chi connectivity index (χ1n) is 7.58. The van der Waals surface area contributed by atoms with E-state index in [0.717, 1.165) is 11.8 Å². The Bertz CT molecular complexity index is 894. The van der Waals surface area contributed by atoms with Crippen LogP contribution in [0.1, 0.15) is 10.8 Å². The van der Waals surface area contributed by atoms with Crippen molar-refractivity contribution in [1.82, 2.24) is 25.5 Å². The lowest BCUT2D eigenvalue weighted by molar-refractivity contribution is -0.119. The number of furan rings is 1. The fourth-order valence-electron chi connectivity index (χ4n) is 2.18. The lowest BCUT2D eigenvalue weighted by Crippen LogP contribution is -2.39. The van der Waals surface area contributed by atoms with Crippen molar-refractivity contribution in [2.45, 2.75) is 10.4 Å². The molecule has 26 heavy (non-hydrogen) atoms. The second-order valence-electron chi connectivity index (χ2n) is 5.13. The molecule has 1 aromatic carbocycles. The van der Waals surface area contributed by atoms with E-state index >= 15 is 0 Å². The summed E-state index contributed by atoms with van der Waals surface area (Å²) in [6, 6.07) is 11.8. The summed E-state index contributed by atoms with van der Waals surface area (Å²) in [6.45, 7) is 0. The van der Waals surface area contributed by atoms with Crippen molar-refractivity contribution in [1.29, 1.82) is 0 Å². The number of rotatable bonds is 5. The van der Waals surface area contributed by atoms with Gasteiger partial charge in [0, 0.05) is 7.05 Å². The Labute approximate surface area is 152 Å². The number of hydrogen-bond acceptors (Lipinski definition) is 7. The minimum Gasteiger partial charge on any atom is -0.461 e. The van der Waals surface area contributed by atoms with E-state index in [1.54, 1.807) is 36.4 Å². The number of nitrogens with one attached hydrogen (secondary N) is 2. The Kier molecular flexibility index (Phi) is 5.23. The molecule has 0 saturated heterocycles. The maximum absolute atomic E-state index is 12.6. The van der Waals surface area contributed by atoms with Crippen molar-refractivity contribution in [2.75, 3.05) is 12.9 Å². The summed E-state index contributed by atoms with van der Waals surface area (Å²) in [6.07, 6.45) is 1.50. The molecule has 0 radical (unpaired) electrons. The number of carbonyl (C=O) groups is 2. The minimum absolute atomic E-state index is 0.303. The molecule has 2 aromatic heterocycles. The first-order valence-corrected chi connectivity index (χ1v) is 8.46. The first-order chi connectivity index (χ1) is 12.6. The molecule has 1 atom stereocenters. The van der Waals surface area contributed by atoms with Crippen LogP contribution in [0, 0.1) is 0 Å². The third-order valence-electron chi connectivity index (χ3n) is 3.43. The van der Waals surface area contributed by atoms with Crippen LogP contribution in [0.25, 0.3) is 11.6 Å². The van der Waals surface area contributed by atoms with Gasteiger partial charge in [0.15, 0.2) is 5.76 Å². The molecule has 0 aliphatic rings. The van der Waals surface area contributed by atoms with Gasteiger partial charge in [-0.2, -0.15) is 0 Å². The zero-order valence-electron chi connectivity index (χ0n) is 13.7. The van der Waals surface area contributed by atoms with E-state index in [4.69, 9.17) is 10.3 Å². The molecule has 0 spiro atoms. The molecule has 0 unspecified atom stereocenters. The largest absolute Gasteiger partial charge is 0.461 e. The van der Waals surface area contributed by atoms with Crippen molar-refractivity contribution < 1.29 is 14.0 Å². The Hall–Kier alpha value is -3.27. The zero-order valence-corrected chi connectivity index (χ0v) is 14.6. The molecule has 9 nitrogen and oxygen atoms in total. The average molecular weight is 372 g/mol. The molecule has 0 bridgehead atoms. The van der Waals surface area contributed by atoms with Gasteiger partial charge < -0.3 is 15.6 Å². The van der Waals surface area contributed by atoms with Crippen LogP contribution in [-0.4, -0.2) is 33.9 Å². The van der Waals surface area contributed by atoms with E-state index < -0.39 is 17.2 Å². The third-order valence-corrected chi connectivity index (χ3v) is 4.64. The number of carbonyl (C=O) groups excluding carboxylic acids is 2. The van der Waals surface area contributed by atoms with Crippen LogP contribution in [0.15, 0.2) is 58.3 Å². The van der Waals surface area contributed by atoms with Crippen LogP contribution < -0.4 is 16.5 Å². The van der Waals surface area contributed by atoms with Crippen LogP contribution in [0.5, 0.6) is 0 Å². The van der Waals surface area contributed by atoms with Crippen LogP contribution in [-0.2, 0) is 4.79 Å². The Morgan fingerprint density at radius 2 is 1.96 bits per heavy atom. The molecule has 4 N–H and O–H groups in total. The normalized spacial score (nSPS) is 11.7. The van der Waals surface area contributed by atoms with Crippen molar-refractivity contribution in [2.24, 2.45) is 0 Å². The Morgan fingerprint density at radius 1 is 1.19 bits per heavy atom. The van der Waals surface area contributed by atoms with Gasteiger partial charge in [-0.25, -0.2) is 9.47 Å². The maximum Gasteiger partial charge on any atom is 0.321 e. The molecule has 0 aliphatic carbocycles. The van der Waals surface area contributed by atoms with E-state index in [0.29, 0.717) is 22.3 Å². The zero-order chi connectivity index (χ0) is 18.5. The van der Waals surface area contributed by atoms with E-state index in [1.165, 1.54) is 18.0 Å². The number of nitrogens with two attached hydrogens (primary N) is 1. The lowest BCUT2D eigenvalue weighted by atomic mass is 10.1. The van der Waals surface area contributed by atoms with Gasteiger partial charge in [-0.15, -0.1) is 10.2 Å². The molecule has 2 heterocycles. The van der Waals surface area contributed by atoms with Gasteiger partial charge >= 0.3 is 6.03 Å². The monoisotopic (exact) mass is 372 g/mol. The number of nitrogen functional groups attached to an aromatic ring is 1. The van der Waals surface area contributed by atoms with Crippen molar-refractivity contribution in [3.8, 4) is 11.6 Å². The van der Waals surface area contributed by atoms with Crippen molar-refractivity contribution in [3.63, 3.8) is 0 Å². The molecule has 0 fully saturated rings. The summed E-state index contributed by atoms with van der Waals surface area (Å²) in [5, 5.41) is 12.2. The molecule has 3 rings (SSSR count). The van der Waals surface area contributed by atoms with Gasteiger partial charge in [0.05, 0.1) is 6.26 Å². The average Bonchev–Trinajstić information content (AvgIpc) is 3.30. The second-order valence-corrected chi connectivity index (χ2v) is 6.20. The van der Waals surface area contributed by atoms with Crippen molar-refractivity contribution >= 4 is 23.7 Å². The molecule has 10 heteroatoms. The van der Waals surface area contributed by atoms with E-state index in [2.05, 4.69) is 20.8 Å². The molecule has 0 aliphatic heterocycles. The number of benzene rings is 1. The molecular formula is C16H16N6O3S. The molecule has 3 aromatic rings. The second kappa shape index (κ2) is 7.74. The smallest absolute Gasteiger partial charge is 0.321 e. The number of thioether (sulfide) groups is 1. The van der Waals surface area contributed by atoms with Crippen molar-refractivity contribution in [3.05, 3.63) is 54.3 Å². The highest BCUT2D eigenvalue weighted by Crippen LogP contribution is 2.35. The van der Waals surface area contributed by atoms with E-state index in [9.17, 15) is 9.59 Å². The number of imide groups is 1. The molecule has 0 saturated carbocycles. The number of urea groups is 1. The summed E-state index contributed by atoms with van der Waals surface area (Å²) >= 11 is 1.08. The minimum atomic E-state index is -0.746. The van der Waals surface area contributed by atoms with Gasteiger partial charge in [-0.05, 0) is 17.7 Å². The molecular weight excluding hydrogens is 356 g/mol. The van der Waals surface area contributed by atoms with Gasteiger partial charge in [0.2, 0.25) is 16.9 Å². The number of hydrogen-bond donors (Lipinski definition) is 3. The number of nitrogens with zero attached hydrogens (tertiary/aromatic N) is 3. The van der Waals surface area contributed by atoms with Crippen LogP contribution in [0.2, 0.25) is 0 Å². The van der Waals surface area contributed by atoms with Crippen LogP contribution in [0.4, 0.5) is 4.79 Å². The fraction of sp³-hybridized carbons (Fsp3) is 0.125. The lowest BCUT2D eigenvalue weighted by Gasteiger charge is -2.15. The highest BCUT2D eigenvalue weighted by atomic mass is 32.2. The quantitative estimate of drug-likeness (QED) is 0.458. The summed E-state index contributed by atoms with van der Waals surface area (Å²) in [7, 11) is 1.43. The standard InChI is InChI=1S/C16H16N6O3S/c1-18-15(24)19-14(23)12(10-6-3-2-4-7-10)26-16-21-20-13(22(16)17)11-8-5-9-25-11/h2-9,12H,17H2,1H3,(H2,18,19,23,24)/t12-/m1/s1. The highest BCUT2D eigenvalue weighted by Gasteiger charge is 2.27. The van der Waals surface area contributed by atoms with Crippen LogP contribution >= 0.6 is 11.8 Å². The predicted octanol–water partition coefficient (Wildman–Crippen LogP) is 1.54. The molecule has 134 valence electrons. The van der Waals surface area contributed by atoms with Crippen LogP contribution in [0.3, 0.4) is 0 Å². The van der Waals surface area contributed by atoms with Gasteiger partial charge in [-0.1, -0.05) is 42.1 Å². The van der Waals surface area contributed by atoms with Gasteiger partial charge in [0.1, 0.15) is 5.25 Å². The topological polar surface area (TPSA) is 128 Å². The number of aromatic nitrogens is 3. The summed E-state index contributed by atoms with van der Waals surface area (Å²) < 4.78 is 6.52. The predicted molar refractivity (Wildman–Crippen MR) is 95.5 cm³/mol. The highest BCUT2D eigenvalue weighted by molar-refractivity contribution is 8.00. The fourth-order valence-corrected chi connectivity index (χ4v) is 3.14. The number of amides is 3. The van der Waals surface area contributed by atoms with Gasteiger partial charge in [-0.3, -0.25) is 10.1 Å². The van der Waals surface area contributed by atoms with Gasteiger partial charge in [0.25, 0.3) is 0 Å².